The number of aryl methyl sites for hydroxylation is 1. The van der Waals surface area contributed by atoms with Gasteiger partial charge in [-0.15, -0.1) is 0 Å². The van der Waals surface area contributed by atoms with Gasteiger partial charge in [0.25, 0.3) is 0 Å². The summed E-state index contributed by atoms with van der Waals surface area (Å²) in [6.07, 6.45) is 6.85. The first kappa shape index (κ1) is 14.8. The Balaban J connectivity index is 1.73. The molecule has 0 unspecified atom stereocenters. The molecule has 2 rings (SSSR count). The van der Waals surface area contributed by atoms with E-state index in [1.54, 1.807) is 17.0 Å². The highest BCUT2D eigenvalue weighted by molar-refractivity contribution is 5.91. The first-order chi connectivity index (χ1) is 10.1. The molecule has 0 bridgehead atoms. The quantitative estimate of drug-likeness (QED) is 0.821. The molecular formula is C16H20N4O. The van der Waals surface area contributed by atoms with E-state index in [-0.39, 0.29) is 5.91 Å². The number of carbonyl (C=O) groups is 1. The molecule has 0 spiro atoms. The van der Waals surface area contributed by atoms with Gasteiger partial charge in [-0.2, -0.15) is 5.10 Å². The van der Waals surface area contributed by atoms with Crippen molar-refractivity contribution in [1.82, 2.24) is 15.1 Å². The smallest absolute Gasteiger partial charge is 0.244 e. The zero-order valence-corrected chi connectivity index (χ0v) is 12.4. The Morgan fingerprint density at radius 3 is 2.81 bits per heavy atom. The lowest BCUT2D eigenvalue weighted by molar-refractivity contribution is -0.116. The summed E-state index contributed by atoms with van der Waals surface area (Å²) in [5.41, 5.74) is 2.05. The van der Waals surface area contributed by atoms with Gasteiger partial charge in [-0.05, 0) is 18.2 Å². The summed E-state index contributed by atoms with van der Waals surface area (Å²) in [5.74, 6) is -0.0969. The highest BCUT2D eigenvalue weighted by atomic mass is 16.1. The molecule has 0 aliphatic rings. The predicted molar refractivity (Wildman–Crippen MR) is 85.0 cm³/mol. The minimum absolute atomic E-state index is 0.0969. The molecule has 21 heavy (non-hydrogen) atoms. The number of aromatic nitrogens is 2. The van der Waals surface area contributed by atoms with Gasteiger partial charge >= 0.3 is 0 Å². The van der Waals surface area contributed by atoms with Crippen molar-refractivity contribution in [3.63, 3.8) is 0 Å². The Bertz CT molecular complexity index is 604. The third-order valence-corrected chi connectivity index (χ3v) is 3.10. The van der Waals surface area contributed by atoms with Crippen molar-refractivity contribution in [2.45, 2.75) is 0 Å². The topological polar surface area (TPSA) is 50.2 Å². The number of hydrogen-bond acceptors (Lipinski definition) is 3. The lowest BCUT2D eigenvalue weighted by atomic mass is 10.3. The van der Waals surface area contributed by atoms with Gasteiger partial charge < -0.3 is 10.2 Å². The van der Waals surface area contributed by atoms with E-state index in [0.717, 1.165) is 17.8 Å². The van der Waals surface area contributed by atoms with Gasteiger partial charge in [0, 0.05) is 50.7 Å². The number of anilines is 1. The monoisotopic (exact) mass is 284 g/mol. The molecule has 5 heteroatoms. The molecule has 1 amide bonds. The van der Waals surface area contributed by atoms with E-state index in [2.05, 4.69) is 15.3 Å². The highest BCUT2D eigenvalue weighted by Crippen LogP contribution is 2.09. The van der Waals surface area contributed by atoms with E-state index in [0.29, 0.717) is 6.54 Å². The van der Waals surface area contributed by atoms with Crippen molar-refractivity contribution in [2.75, 3.05) is 25.0 Å². The molecule has 0 saturated heterocycles. The molecule has 110 valence electrons. The van der Waals surface area contributed by atoms with Crippen LogP contribution in [0.25, 0.3) is 6.08 Å². The third-order valence-electron chi connectivity index (χ3n) is 3.10. The second-order valence-electron chi connectivity index (χ2n) is 4.83. The van der Waals surface area contributed by atoms with E-state index in [9.17, 15) is 4.79 Å². The number of hydrogen-bond donors (Lipinski definition) is 1. The van der Waals surface area contributed by atoms with Gasteiger partial charge in [-0.25, -0.2) is 0 Å². The minimum atomic E-state index is -0.0969. The van der Waals surface area contributed by atoms with Crippen molar-refractivity contribution in [2.24, 2.45) is 7.05 Å². The van der Waals surface area contributed by atoms with Crippen LogP contribution in [0.15, 0.2) is 48.8 Å². The largest absolute Gasteiger partial charge is 0.373 e. The lowest BCUT2D eigenvalue weighted by Crippen LogP contribution is -2.31. The Morgan fingerprint density at radius 2 is 2.14 bits per heavy atom. The van der Waals surface area contributed by atoms with Crippen LogP contribution in [0.3, 0.4) is 0 Å². The molecule has 0 aliphatic heterocycles. The van der Waals surface area contributed by atoms with Crippen LogP contribution in [-0.2, 0) is 11.8 Å². The summed E-state index contributed by atoms with van der Waals surface area (Å²) in [6.45, 7) is 1.36. The molecule has 0 atom stereocenters. The van der Waals surface area contributed by atoms with E-state index in [1.807, 2.05) is 50.6 Å². The Morgan fingerprint density at radius 1 is 1.38 bits per heavy atom. The minimum Gasteiger partial charge on any atom is -0.373 e. The first-order valence-corrected chi connectivity index (χ1v) is 6.86. The average Bonchev–Trinajstić information content (AvgIpc) is 2.91. The lowest BCUT2D eigenvalue weighted by Gasteiger charge is -2.19. The predicted octanol–water partition coefficient (Wildman–Crippen LogP) is 1.69. The van der Waals surface area contributed by atoms with Gasteiger partial charge in [0.2, 0.25) is 5.91 Å². The summed E-state index contributed by atoms with van der Waals surface area (Å²) < 4.78 is 1.70. The molecule has 0 fully saturated rings. The van der Waals surface area contributed by atoms with Gasteiger partial charge in [0.1, 0.15) is 0 Å². The van der Waals surface area contributed by atoms with E-state index < -0.39 is 0 Å². The summed E-state index contributed by atoms with van der Waals surface area (Å²) in [4.78, 5) is 13.8. The second kappa shape index (κ2) is 7.28. The van der Waals surface area contributed by atoms with Crippen molar-refractivity contribution in [1.29, 1.82) is 0 Å². The molecule has 0 saturated carbocycles. The van der Waals surface area contributed by atoms with Crippen LogP contribution in [0.5, 0.6) is 0 Å². The Hall–Kier alpha value is -2.56. The zero-order valence-electron chi connectivity index (χ0n) is 12.4. The van der Waals surface area contributed by atoms with Crippen molar-refractivity contribution >= 4 is 17.7 Å². The fourth-order valence-corrected chi connectivity index (χ4v) is 1.92. The number of rotatable bonds is 6. The summed E-state index contributed by atoms with van der Waals surface area (Å²) in [7, 11) is 3.85. The van der Waals surface area contributed by atoms with Crippen LogP contribution in [0.2, 0.25) is 0 Å². The maximum absolute atomic E-state index is 11.7. The number of benzene rings is 1. The number of nitrogens with one attached hydrogen (secondary N) is 1. The molecule has 5 nitrogen and oxygen atoms in total. The highest BCUT2D eigenvalue weighted by Gasteiger charge is 2.00. The summed E-state index contributed by atoms with van der Waals surface area (Å²) in [5, 5.41) is 6.91. The standard InChI is InChI=1S/C16H20N4O/c1-19(15-6-4-3-5-7-15)11-10-17-16(21)9-8-14-12-18-20(2)13-14/h3-9,12-13H,10-11H2,1-2H3,(H,17,21)/b9-8+. The number of nitrogens with zero attached hydrogens (tertiary/aromatic N) is 3. The van der Waals surface area contributed by atoms with Crippen LogP contribution in [0.1, 0.15) is 5.56 Å². The van der Waals surface area contributed by atoms with Crippen LogP contribution in [0.4, 0.5) is 5.69 Å². The molecular weight excluding hydrogens is 264 g/mol. The van der Waals surface area contributed by atoms with Crippen molar-refractivity contribution in [3.8, 4) is 0 Å². The van der Waals surface area contributed by atoms with Crippen LogP contribution >= 0.6 is 0 Å². The molecule has 0 radical (unpaired) electrons. The van der Waals surface area contributed by atoms with Gasteiger partial charge in [0.15, 0.2) is 0 Å². The fourth-order valence-electron chi connectivity index (χ4n) is 1.92. The number of para-hydroxylation sites is 1. The Kier molecular flexibility index (Phi) is 5.15. The van der Waals surface area contributed by atoms with E-state index in [4.69, 9.17) is 0 Å². The summed E-state index contributed by atoms with van der Waals surface area (Å²) >= 11 is 0. The third kappa shape index (κ3) is 4.80. The van der Waals surface area contributed by atoms with Gasteiger partial charge in [-0.1, -0.05) is 18.2 Å². The molecule has 1 heterocycles. The van der Waals surface area contributed by atoms with Crippen LogP contribution < -0.4 is 10.2 Å². The summed E-state index contributed by atoms with van der Waals surface area (Å²) in [6, 6.07) is 10.1. The SMILES string of the molecule is CN(CCNC(=O)/C=C/c1cnn(C)c1)c1ccccc1. The Labute approximate surface area is 124 Å². The van der Waals surface area contributed by atoms with Gasteiger partial charge in [0.05, 0.1) is 6.20 Å². The first-order valence-electron chi connectivity index (χ1n) is 6.86. The number of likely N-dealkylation sites (N-methyl/N-ethyl adjacent to an activating group) is 1. The second-order valence-corrected chi connectivity index (χ2v) is 4.83. The number of amides is 1. The average molecular weight is 284 g/mol. The molecule has 1 aromatic heterocycles. The normalized spacial score (nSPS) is 10.8. The zero-order chi connectivity index (χ0) is 15.1. The van der Waals surface area contributed by atoms with Crippen LogP contribution in [-0.4, -0.2) is 35.8 Å². The maximum Gasteiger partial charge on any atom is 0.244 e. The van der Waals surface area contributed by atoms with E-state index >= 15 is 0 Å². The number of carbonyl (C=O) groups excluding carboxylic acids is 1. The maximum atomic E-state index is 11.7. The molecule has 2 aromatic rings. The van der Waals surface area contributed by atoms with Crippen molar-refractivity contribution < 1.29 is 4.79 Å². The van der Waals surface area contributed by atoms with Gasteiger partial charge in [-0.3, -0.25) is 9.48 Å². The molecule has 1 aromatic carbocycles. The molecule has 1 N–H and O–H groups in total. The fraction of sp³-hybridized carbons (Fsp3) is 0.250. The van der Waals surface area contributed by atoms with Crippen molar-refractivity contribution in [3.05, 3.63) is 54.4 Å². The van der Waals surface area contributed by atoms with E-state index in [1.165, 1.54) is 6.08 Å². The molecule has 0 aliphatic carbocycles. The van der Waals surface area contributed by atoms with Crippen LogP contribution in [0, 0.1) is 0 Å².